The Morgan fingerprint density at radius 2 is 2.36 bits per heavy atom. The number of hydrogen-bond donors (Lipinski definition) is 1. The highest BCUT2D eigenvalue weighted by atomic mass is 35.5. The van der Waals surface area contributed by atoms with Crippen molar-refractivity contribution in [2.75, 3.05) is 13.2 Å². The average molecular weight is 220 g/mol. The van der Waals surface area contributed by atoms with Crippen molar-refractivity contribution < 1.29 is 9.90 Å². The fraction of sp³-hybridized carbons (Fsp3) is 0.900. The Morgan fingerprint density at radius 3 is 2.93 bits per heavy atom. The average Bonchev–Trinajstić information content (AvgIpc) is 2.26. The van der Waals surface area contributed by atoms with Crippen molar-refractivity contribution >= 4 is 17.5 Å². The summed E-state index contributed by atoms with van der Waals surface area (Å²) in [4.78, 5) is 13.5. The molecule has 1 rings (SSSR count). The number of aliphatic hydroxyl groups is 1. The number of rotatable bonds is 3. The van der Waals surface area contributed by atoms with Gasteiger partial charge in [-0.25, -0.2) is 0 Å². The van der Waals surface area contributed by atoms with E-state index in [1.54, 1.807) is 4.90 Å². The van der Waals surface area contributed by atoms with Crippen LogP contribution in [0.3, 0.4) is 0 Å². The van der Waals surface area contributed by atoms with Crippen molar-refractivity contribution in [3.05, 3.63) is 0 Å². The minimum atomic E-state index is -0.429. The highest BCUT2D eigenvalue weighted by molar-refractivity contribution is 6.30. The second-order valence-electron chi connectivity index (χ2n) is 3.74. The van der Waals surface area contributed by atoms with Crippen molar-refractivity contribution in [2.45, 2.75) is 44.0 Å². The fourth-order valence-electron chi connectivity index (χ4n) is 1.84. The first kappa shape index (κ1) is 11.8. The number of alkyl halides is 1. The molecule has 0 aromatic carbocycles. The van der Waals surface area contributed by atoms with Gasteiger partial charge in [0.05, 0.1) is 12.6 Å². The first-order valence-electron chi connectivity index (χ1n) is 5.26. The number of carbonyl (C=O) groups is 1. The number of likely N-dealkylation sites (tertiary alicyclic amines) is 1. The molecular weight excluding hydrogens is 202 g/mol. The molecule has 0 aliphatic carbocycles. The molecule has 0 aromatic heterocycles. The quantitative estimate of drug-likeness (QED) is 0.729. The van der Waals surface area contributed by atoms with E-state index in [9.17, 15) is 4.79 Å². The monoisotopic (exact) mass is 219 g/mol. The largest absolute Gasteiger partial charge is 0.394 e. The molecule has 1 aliphatic rings. The molecule has 1 amide bonds. The third kappa shape index (κ3) is 2.61. The predicted molar refractivity (Wildman–Crippen MR) is 56.4 cm³/mol. The lowest BCUT2D eigenvalue weighted by atomic mass is 10.0. The summed E-state index contributed by atoms with van der Waals surface area (Å²) in [7, 11) is 0. The van der Waals surface area contributed by atoms with Gasteiger partial charge >= 0.3 is 0 Å². The first-order chi connectivity index (χ1) is 6.70. The maximum Gasteiger partial charge on any atom is 0.240 e. The van der Waals surface area contributed by atoms with Crippen molar-refractivity contribution in [1.82, 2.24) is 4.90 Å². The Kier molecular flexibility index (Phi) is 4.69. The van der Waals surface area contributed by atoms with Gasteiger partial charge in [0.2, 0.25) is 5.91 Å². The lowest BCUT2D eigenvalue weighted by Crippen LogP contribution is -2.48. The molecule has 0 saturated carbocycles. The molecule has 82 valence electrons. The topological polar surface area (TPSA) is 40.5 Å². The number of carbonyl (C=O) groups excluding carboxylic acids is 1. The van der Waals surface area contributed by atoms with Crippen LogP contribution in [0.4, 0.5) is 0 Å². The van der Waals surface area contributed by atoms with Gasteiger partial charge in [0.15, 0.2) is 0 Å². The van der Waals surface area contributed by atoms with E-state index >= 15 is 0 Å². The van der Waals surface area contributed by atoms with Gasteiger partial charge in [-0.15, -0.1) is 11.6 Å². The highest BCUT2D eigenvalue weighted by Crippen LogP contribution is 2.19. The summed E-state index contributed by atoms with van der Waals surface area (Å²) in [6.07, 6.45) is 3.66. The molecule has 1 fully saturated rings. The van der Waals surface area contributed by atoms with Crippen LogP contribution in [0.15, 0.2) is 0 Å². The van der Waals surface area contributed by atoms with Gasteiger partial charge in [0.25, 0.3) is 0 Å². The Labute approximate surface area is 90.0 Å². The van der Waals surface area contributed by atoms with Crippen LogP contribution in [-0.4, -0.2) is 40.5 Å². The highest BCUT2D eigenvalue weighted by Gasteiger charge is 2.29. The second-order valence-corrected chi connectivity index (χ2v) is 4.27. The van der Waals surface area contributed by atoms with Crippen molar-refractivity contribution in [3.8, 4) is 0 Å². The van der Waals surface area contributed by atoms with E-state index in [1.807, 2.05) is 6.92 Å². The van der Waals surface area contributed by atoms with Crippen LogP contribution in [0, 0.1) is 0 Å². The van der Waals surface area contributed by atoms with Gasteiger partial charge in [-0.05, 0) is 25.7 Å². The molecular formula is C10H18ClNO2. The molecule has 4 heteroatoms. The summed E-state index contributed by atoms with van der Waals surface area (Å²) < 4.78 is 0. The molecule has 0 bridgehead atoms. The zero-order valence-electron chi connectivity index (χ0n) is 8.58. The van der Waals surface area contributed by atoms with E-state index in [2.05, 4.69) is 0 Å². The van der Waals surface area contributed by atoms with Crippen LogP contribution in [-0.2, 0) is 4.79 Å². The van der Waals surface area contributed by atoms with Crippen LogP contribution < -0.4 is 0 Å². The predicted octanol–water partition coefficient (Wildman–Crippen LogP) is 1.38. The summed E-state index contributed by atoms with van der Waals surface area (Å²) in [6, 6.07) is -0.0101. The Balaban J connectivity index is 2.58. The number of halogens is 1. The molecule has 0 radical (unpaired) electrons. The third-order valence-electron chi connectivity index (χ3n) is 2.75. The lowest BCUT2D eigenvalue weighted by Gasteiger charge is -2.35. The van der Waals surface area contributed by atoms with Crippen molar-refractivity contribution in [3.63, 3.8) is 0 Å². The number of nitrogens with zero attached hydrogens (tertiary/aromatic N) is 1. The van der Waals surface area contributed by atoms with Gasteiger partial charge in [0, 0.05) is 6.54 Å². The SMILES string of the molecule is CC[C@H](Cl)C(=O)N1CCCC[C@@H]1CO. The maximum absolute atomic E-state index is 11.8. The Morgan fingerprint density at radius 1 is 1.64 bits per heavy atom. The molecule has 2 atom stereocenters. The third-order valence-corrected chi connectivity index (χ3v) is 3.24. The number of hydrogen-bond acceptors (Lipinski definition) is 2. The standard InChI is InChI=1S/C10H18ClNO2/c1-2-9(11)10(14)12-6-4-3-5-8(12)7-13/h8-9,13H,2-7H2,1H3/t8-,9+/m1/s1. The molecule has 1 heterocycles. The number of amides is 1. The summed E-state index contributed by atoms with van der Waals surface area (Å²) in [5.74, 6) is -0.0204. The Hall–Kier alpha value is -0.280. The van der Waals surface area contributed by atoms with Gasteiger partial charge in [-0.3, -0.25) is 4.79 Å². The van der Waals surface area contributed by atoms with Crippen LogP contribution >= 0.6 is 11.6 Å². The van der Waals surface area contributed by atoms with E-state index in [1.165, 1.54) is 0 Å². The van der Waals surface area contributed by atoms with Crippen molar-refractivity contribution in [1.29, 1.82) is 0 Å². The Bertz CT molecular complexity index is 199. The normalized spacial score (nSPS) is 24.8. The van der Waals surface area contributed by atoms with Crippen LogP contribution in [0.2, 0.25) is 0 Å². The van der Waals surface area contributed by atoms with Crippen LogP contribution in [0.5, 0.6) is 0 Å². The fourth-order valence-corrected chi connectivity index (χ4v) is 1.96. The molecule has 3 nitrogen and oxygen atoms in total. The minimum Gasteiger partial charge on any atom is -0.394 e. The lowest BCUT2D eigenvalue weighted by molar-refractivity contribution is -0.135. The molecule has 1 saturated heterocycles. The van der Waals surface area contributed by atoms with Gasteiger partial charge < -0.3 is 10.0 Å². The van der Waals surface area contributed by atoms with Gasteiger partial charge in [0.1, 0.15) is 5.38 Å². The zero-order valence-corrected chi connectivity index (χ0v) is 9.33. The first-order valence-corrected chi connectivity index (χ1v) is 5.69. The van der Waals surface area contributed by atoms with E-state index in [-0.39, 0.29) is 18.6 Å². The van der Waals surface area contributed by atoms with Gasteiger partial charge in [-0.1, -0.05) is 6.92 Å². The van der Waals surface area contributed by atoms with E-state index in [0.717, 1.165) is 25.8 Å². The summed E-state index contributed by atoms with van der Waals surface area (Å²) in [5.41, 5.74) is 0. The summed E-state index contributed by atoms with van der Waals surface area (Å²) in [5, 5.41) is 8.70. The van der Waals surface area contributed by atoms with Crippen LogP contribution in [0.1, 0.15) is 32.6 Å². The maximum atomic E-state index is 11.8. The molecule has 0 aromatic rings. The molecule has 0 spiro atoms. The summed E-state index contributed by atoms with van der Waals surface area (Å²) in [6.45, 7) is 2.69. The van der Waals surface area contributed by atoms with E-state index < -0.39 is 5.38 Å². The number of piperidine rings is 1. The minimum absolute atomic E-state index is 0.0101. The smallest absolute Gasteiger partial charge is 0.240 e. The molecule has 0 unspecified atom stereocenters. The van der Waals surface area contributed by atoms with E-state index in [4.69, 9.17) is 16.7 Å². The van der Waals surface area contributed by atoms with Crippen molar-refractivity contribution in [2.24, 2.45) is 0 Å². The van der Waals surface area contributed by atoms with E-state index in [0.29, 0.717) is 6.42 Å². The molecule has 1 aliphatic heterocycles. The second kappa shape index (κ2) is 5.56. The summed E-state index contributed by atoms with van der Waals surface area (Å²) >= 11 is 5.90. The van der Waals surface area contributed by atoms with Gasteiger partial charge in [-0.2, -0.15) is 0 Å². The zero-order chi connectivity index (χ0) is 10.6. The van der Waals surface area contributed by atoms with Crippen LogP contribution in [0.25, 0.3) is 0 Å². The molecule has 14 heavy (non-hydrogen) atoms. The number of aliphatic hydroxyl groups excluding tert-OH is 1. The molecule has 1 N–H and O–H groups in total.